The van der Waals surface area contributed by atoms with Gasteiger partial charge in [-0.1, -0.05) is 0 Å². The molecular weight excluding hydrogens is 208 g/mol. The quantitative estimate of drug-likeness (QED) is 0.457. The number of carbonyl (C=O) groups excluding carboxylic acids is 1. The second-order valence-corrected chi connectivity index (χ2v) is 4.32. The number of carbonyl (C=O) groups is 1. The molecule has 6 heteroatoms. The molecule has 90 valence electrons. The van der Waals surface area contributed by atoms with Crippen molar-refractivity contribution in [1.82, 2.24) is 10.2 Å². The zero-order valence-electron chi connectivity index (χ0n) is 9.24. The van der Waals surface area contributed by atoms with Crippen molar-refractivity contribution in [3.05, 3.63) is 0 Å². The summed E-state index contributed by atoms with van der Waals surface area (Å²) in [5.74, 6) is 0.423. The lowest BCUT2D eigenvalue weighted by Crippen LogP contribution is -2.53. The van der Waals surface area contributed by atoms with Crippen LogP contribution < -0.4 is 11.1 Å². The van der Waals surface area contributed by atoms with Crippen molar-refractivity contribution in [2.45, 2.75) is 18.9 Å². The predicted molar refractivity (Wildman–Crippen MR) is 59.3 cm³/mol. The molecule has 0 bridgehead atoms. The minimum absolute atomic E-state index is 0.0594. The second kappa shape index (κ2) is 4.69. The Balaban J connectivity index is 1.86. The molecule has 6 nitrogen and oxygen atoms in total. The molecule has 0 radical (unpaired) electrons. The first kappa shape index (κ1) is 11.2. The standard InChI is InChI=1S/C10H18N4O2/c11-9(12)8(7-1-2-7)13-10(15)14-3-5-16-6-4-14/h7-8H,1-6H2,(H3,11,12)(H,13,15). The molecule has 1 saturated heterocycles. The summed E-state index contributed by atoms with van der Waals surface area (Å²) in [5.41, 5.74) is 5.48. The van der Waals surface area contributed by atoms with E-state index in [0.717, 1.165) is 12.8 Å². The van der Waals surface area contributed by atoms with Crippen LogP contribution in [-0.4, -0.2) is 49.1 Å². The van der Waals surface area contributed by atoms with Crippen LogP contribution in [0.15, 0.2) is 0 Å². The smallest absolute Gasteiger partial charge is 0.318 e. The van der Waals surface area contributed by atoms with E-state index in [1.165, 1.54) is 0 Å². The molecule has 2 amide bonds. The zero-order chi connectivity index (χ0) is 11.5. The summed E-state index contributed by atoms with van der Waals surface area (Å²) in [6.45, 7) is 2.39. The van der Waals surface area contributed by atoms with E-state index in [2.05, 4.69) is 5.32 Å². The van der Waals surface area contributed by atoms with Crippen LogP contribution in [0.25, 0.3) is 0 Å². The number of hydrogen-bond acceptors (Lipinski definition) is 3. The average Bonchev–Trinajstić information content (AvgIpc) is 3.10. The first-order valence-corrected chi connectivity index (χ1v) is 5.65. The van der Waals surface area contributed by atoms with Crippen molar-refractivity contribution in [1.29, 1.82) is 5.41 Å². The summed E-state index contributed by atoms with van der Waals surface area (Å²) in [6, 6.07) is -0.411. The number of nitrogens with zero attached hydrogens (tertiary/aromatic N) is 1. The number of amides is 2. The Labute approximate surface area is 94.6 Å². The van der Waals surface area contributed by atoms with Crippen molar-refractivity contribution < 1.29 is 9.53 Å². The van der Waals surface area contributed by atoms with Crippen molar-refractivity contribution in [2.24, 2.45) is 11.7 Å². The molecule has 1 unspecified atom stereocenters. The largest absolute Gasteiger partial charge is 0.386 e. The number of nitrogens with one attached hydrogen (secondary N) is 2. The highest BCUT2D eigenvalue weighted by Crippen LogP contribution is 2.32. The Kier molecular flexibility index (Phi) is 3.28. The predicted octanol–water partition coefficient (Wildman–Crippen LogP) is -0.257. The molecule has 1 heterocycles. The van der Waals surface area contributed by atoms with Gasteiger partial charge >= 0.3 is 6.03 Å². The maximum absolute atomic E-state index is 11.9. The molecule has 2 rings (SSSR count). The number of urea groups is 1. The van der Waals surface area contributed by atoms with Crippen LogP contribution in [0, 0.1) is 11.3 Å². The summed E-state index contributed by atoms with van der Waals surface area (Å²) < 4.78 is 5.17. The van der Waals surface area contributed by atoms with E-state index in [0.29, 0.717) is 32.2 Å². The van der Waals surface area contributed by atoms with Gasteiger partial charge in [-0.05, 0) is 18.8 Å². The van der Waals surface area contributed by atoms with Gasteiger partial charge in [0.1, 0.15) is 5.84 Å². The van der Waals surface area contributed by atoms with Crippen LogP contribution in [0.3, 0.4) is 0 Å². The number of nitrogens with two attached hydrogens (primary N) is 1. The van der Waals surface area contributed by atoms with Gasteiger partial charge in [-0.3, -0.25) is 5.41 Å². The van der Waals surface area contributed by atoms with Gasteiger partial charge in [0.05, 0.1) is 19.3 Å². The molecule has 0 aromatic heterocycles. The number of ether oxygens (including phenoxy) is 1. The van der Waals surface area contributed by atoms with Gasteiger partial charge in [0.2, 0.25) is 0 Å². The minimum Gasteiger partial charge on any atom is -0.386 e. The highest BCUT2D eigenvalue weighted by atomic mass is 16.5. The van der Waals surface area contributed by atoms with Crippen LogP contribution in [-0.2, 0) is 4.74 Å². The van der Waals surface area contributed by atoms with Gasteiger partial charge < -0.3 is 20.7 Å². The average molecular weight is 226 g/mol. The normalized spacial score (nSPS) is 22.6. The molecule has 16 heavy (non-hydrogen) atoms. The van der Waals surface area contributed by atoms with Crippen molar-refractivity contribution in [2.75, 3.05) is 26.3 Å². The van der Waals surface area contributed by atoms with Crippen molar-refractivity contribution in [3.63, 3.8) is 0 Å². The van der Waals surface area contributed by atoms with E-state index in [1.54, 1.807) is 4.90 Å². The second-order valence-electron chi connectivity index (χ2n) is 4.32. The lowest BCUT2D eigenvalue weighted by atomic mass is 10.2. The Morgan fingerprint density at radius 2 is 2.06 bits per heavy atom. The lowest BCUT2D eigenvalue weighted by molar-refractivity contribution is 0.0528. The number of morpholine rings is 1. The lowest BCUT2D eigenvalue weighted by Gasteiger charge is -2.29. The fraction of sp³-hybridized carbons (Fsp3) is 0.800. The monoisotopic (exact) mass is 226 g/mol. The summed E-state index contributed by atoms with van der Waals surface area (Å²) in [7, 11) is 0. The van der Waals surface area contributed by atoms with Gasteiger partial charge in [-0.15, -0.1) is 0 Å². The summed E-state index contributed by atoms with van der Waals surface area (Å²) in [5, 5.41) is 10.3. The molecular formula is C10H18N4O2. The molecule has 1 aliphatic carbocycles. The molecule has 0 spiro atoms. The van der Waals surface area contributed by atoms with E-state index in [9.17, 15) is 4.79 Å². The molecule has 2 fully saturated rings. The zero-order valence-corrected chi connectivity index (χ0v) is 9.24. The van der Waals surface area contributed by atoms with E-state index in [1.807, 2.05) is 0 Å². The van der Waals surface area contributed by atoms with Gasteiger partial charge in [0, 0.05) is 13.1 Å². The highest BCUT2D eigenvalue weighted by molar-refractivity contribution is 5.88. The van der Waals surface area contributed by atoms with Crippen LogP contribution in [0.5, 0.6) is 0 Å². The Hall–Kier alpha value is -1.30. The number of amidine groups is 1. The van der Waals surface area contributed by atoms with Crippen LogP contribution in [0.4, 0.5) is 4.79 Å². The maximum atomic E-state index is 11.9. The molecule has 1 aliphatic heterocycles. The molecule has 1 atom stereocenters. The topological polar surface area (TPSA) is 91.4 Å². The third-order valence-electron chi connectivity index (χ3n) is 3.01. The van der Waals surface area contributed by atoms with Gasteiger partial charge in [0.25, 0.3) is 0 Å². The summed E-state index contributed by atoms with van der Waals surface area (Å²) in [4.78, 5) is 13.6. The molecule has 0 aromatic carbocycles. The highest BCUT2D eigenvalue weighted by Gasteiger charge is 2.35. The van der Waals surface area contributed by atoms with E-state index in [4.69, 9.17) is 15.9 Å². The Bertz CT molecular complexity index is 285. The van der Waals surface area contributed by atoms with Gasteiger partial charge in [0.15, 0.2) is 0 Å². The Morgan fingerprint density at radius 1 is 1.44 bits per heavy atom. The first-order chi connectivity index (χ1) is 7.68. The fourth-order valence-electron chi connectivity index (χ4n) is 1.87. The van der Waals surface area contributed by atoms with E-state index >= 15 is 0 Å². The van der Waals surface area contributed by atoms with E-state index in [-0.39, 0.29) is 17.9 Å². The summed E-state index contributed by atoms with van der Waals surface area (Å²) in [6.07, 6.45) is 2.10. The third kappa shape index (κ3) is 2.63. The Morgan fingerprint density at radius 3 is 2.56 bits per heavy atom. The molecule has 4 N–H and O–H groups in total. The van der Waals surface area contributed by atoms with Gasteiger partial charge in [-0.2, -0.15) is 0 Å². The number of hydrogen-bond donors (Lipinski definition) is 3. The van der Waals surface area contributed by atoms with Crippen molar-refractivity contribution in [3.8, 4) is 0 Å². The SMILES string of the molecule is N=C(N)C(NC(=O)N1CCOCC1)C1CC1. The van der Waals surface area contributed by atoms with Crippen LogP contribution >= 0.6 is 0 Å². The maximum Gasteiger partial charge on any atom is 0.318 e. The fourth-order valence-corrected chi connectivity index (χ4v) is 1.87. The first-order valence-electron chi connectivity index (χ1n) is 5.65. The molecule has 2 aliphatic rings. The van der Waals surface area contributed by atoms with Crippen molar-refractivity contribution >= 4 is 11.9 Å². The third-order valence-corrected chi connectivity index (χ3v) is 3.01. The number of rotatable bonds is 3. The van der Waals surface area contributed by atoms with Crippen LogP contribution in [0.1, 0.15) is 12.8 Å². The van der Waals surface area contributed by atoms with E-state index < -0.39 is 0 Å². The molecule has 0 aromatic rings. The van der Waals surface area contributed by atoms with Crippen LogP contribution in [0.2, 0.25) is 0 Å². The minimum atomic E-state index is -0.282. The molecule has 1 saturated carbocycles. The van der Waals surface area contributed by atoms with Gasteiger partial charge in [-0.25, -0.2) is 4.79 Å². The summed E-state index contributed by atoms with van der Waals surface area (Å²) >= 11 is 0.